The van der Waals surface area contributed by atoms with Crippen molar-refractivity contribution in [2.24, 2.45) is 0 Å². The number of H-pyrrole nitrogens is 1. The highest BCUT2D eigenvalue weighted by Gasteiger charge is 2.36. The van der Waals surface area contributed by atoms with Gasteiger partial charge in [-0.3, -0.25) is 19.4 Å². The summed E-state index contributed by atoms with van der Waals surface area (Å²) >= 11 is 0. The number of ether oxygens (including phenoxy) is 1. The second kappa shape index (κ2) is 12.4. The molecule has 1 aromatic carbocycles. The van der Waals surface area contributed by atoms with Gasteiger partial charge in [0.1, 0.15) is 0 Å². The van der Waals surface area contributed by atoms with E-state index in [2.05, 4.69) is 43.8 Å². The van der Waals surface area contributed by atoms with Gasteiger partial charge in [-0.1, -0.05) is 6.07 Å². The molecule has 2 N–H and O–H groups in total. The fraction of sp³-hybridized carbons (Fsp3) is 0.433. The van der Waals surface area contributed by atoms with Crippen LogP contribution in [0.4, 0.5) is 28.9 Å². The molecule has 3 aromatic rings. The molecule has 0 spiro atoms. The molecule has 2 atom stereocenters. The molecule has 2 aliphatic rings. The first-order valence-electron chi connectivity index (χ1n) is 14.1. The van der Waals surface area contributed by atoms with Crippen LogP contribution in [0.5, 0.6) is 0 Å². The van der Waals surface area contributed by atoms with Gasteiger partial charge in [-0.25, -0.2) is 4.98 Å². The van der Waals surface area contributed by atoms with E-state index in [9.17, 15) is 22.8 Å². The number of likely N-dealkylation sites (N-methyl/N-ethyl adjacent to an activating group) is 1. The smallest absolute Gasteiger partial charge is 0.379 e. The minimum atomic E-state index is -4.93. The number of piperazine rings is 1. The molecule has 2 fully saturated rings. The van der Waals surface area contributed by atoms with Gasteiger partial charge >= 0.3 is 6.18 Å². The van der Waals surface area contributed by atoms with Gasteiger partial charge in [0, 0.05) is 68.8 Å². The second-order valence-corrected chi connectivity index (χ2v) is 11.1. The number of nitrogens with zero attached hydrogens (tertiary/aromatic N) is 4. The van der Waals surface area contributed by atoms with E-state index < -0.39 is 34.7 Å². The SMILES string of the molecule is C[C@@H]1CN(c2ccc(-c3cc(CN4CCOCC4)cnc3F)cc2NC(=O)c2c[nH]c(=O)cc2C(F)(F)F)C[C@H](C)N1C. The van der Waals surface area contributed by atoms with Crippen LogP contribution in [-0.2, 0) is 17.5 Å². The van der Waals surface area contributed by atoms with Crippen molar-refractivity contribution in [3.8, 4) is 11.1 Å². The lowest BCUT2D eigenvalue weighted by Crippen LogP contribution is -2.55. The Morgan fingerprint density at radius 1 is 1.12 bits per heavy atom. The number of morpholine rings is 1. The summed E-state index contributed by atoms with van der Waals surface area (Å²) in [7, 11) is 2.02. The predicted molar refractivity (Wildman–Crippen MR) is 155 cm³/mol. The van der Waals surface area contributed by atoms with Gasteiger partial charge in [0.2, 0.25) is 11.5 Å². The van der Waals surface area contributed by atoms with Gasteiger partial charge in [0.15, 0.2) is 0 Å². The summed E-state index contributed by atoms with van der Waals surface area (Å²) in [5.41, 5.74) is -0.870. The molecule has 0 bridgehead atoms. The molecule has 5 rings (SSSR count). The Hall–Kier alpha value is -3.81. The van der Waals surface area contributed by atoms with Crippen molar-refractivity contribution in [1.29, 1.82) is 0 Å². The number of carbonyl (C=O) groups excluding carboxylic acids is 1. The molecule has 1 amide bonds. The summed E-state index contributed by atoms with van der Waals surface area (Å²) in [6, 6.07) is 7.38. The Balaban J connectivity index is 1.54. The normalized spacial score (nSPS) is 20.3. The van der Waals surface area contributed by atoms with E-state index in [0.717, 1.165) is 24.8 Å². The maximum Gasteiger partial charge on any atom is 0.417 e. The first-order chi connectivity index (χ1) is 20.4. The van der Waals surface area contributed by atoms with Gasteiger partial charge < -0.3 is 19.9 Å². The molecule has 2 aliphatic heterocycles. The predicted octanol–water partition coefficient (Wildman–Crippen LogP) is 4.21. The number of anilines is 2. The number of aromatic nitrogens is 2. The van der Waals surface area contributed by atoms with E-state index in [1.54, 1.807) is 24.3 Å². The first-order valence-corrected chi connectivity index (χ1v) is 14.1. The fourth-order valence-corrected chi connectivity index (χ4v) is 5.56. The average Bonchev–Trinajstić information content (AvgIpc) is 2.96. The minimum absolute atomic E-state index is 0.154. The molecular formula is C30H34F4N6O3. The molecule has 4 heterocycles. The van der Waals surface area contributed by atoms with E-state index in [1.807, 2.05) is 7.05 Å². The first kappa shape index (κ1) is 30.6. The quantitative estimate of drug-likeness (QED) is 0.323. The number of nitrogens with one attached hydrogen (secondary N) is 2. The van der Waals surface area contributed by atoms with Crippen molar-refractivity contribution in [2.75, 3.05) is 56.7 Å². The lowest BCUT2D eigenvalue weighted by Gasteiger charge is -2.44. The molecule has 2 aromatic heterocycles. The Bertz CT molecular complexity index is 1530. The third kappa shape index (κ3) is 6.89. The number of alkyl halides is 3. The summed E-state index contributed by atoms with van der Waals surface area (Å²) in [6.07, 6.45) is -2.69. The molecule has 2 saturated heterocycles. The van der Waals surface area contributed by atoms with Crippen LogP contribution in [0, 0.1) is 5.95 Å². The molecule has 9 nitrogen and oxygen atoms in total. The number of benzene rings is 1. The number of amides is 1. The zero-order chi connectivity index (χ0) is 30.9. The van der Waals surface area contributed by atoms with Crippen LogP contribution in [0.2, 0.25) is 0 Å². The molecule has 43 heavy (non-hydrogen) atoms. The van der Waals surface area contributed by atoms with Crippen molar-refractivity contribution in [1.82, 2.24) is 19.8 Å². The molecule has 230 valence electrons. The van der Waals surface area contributed by atoms with E-state index in [1.165, 1.54) is 6.20 Å². The molecule has 0 aliphatic carbocycles. The molecule has 13 heteroatoms. The Kier molecular flexibility index (Phi) is 8.86. The van der Waals surface area contributed by atoms with Crippen molar-refractivity contribution >= 4 is 17.3 Å². The zero-order valence-corrected chi connectivity index (χ0v) is 24.2. The van der Waals surface area contributed by atoms with Crippen molar-refractivity contribution in [2.45, 2.75) is 38.7 Å². The van der Waals surface area contributed by atoms with Crippen LogP contribution in [0.25, 0.3) is 11.1 Å². The second-order valence-electron chi connectivity index (χ2n) is 11.1. The van der Waals surface area contributed by atoms with Gasteiger partial charge in [-0.15, -0.1) is 0 Å². The number of pyridine rings is 2. The van der Waals surface area contributed by atoms with E-state index in [4.69, 9.17) is 4.74 Å². The number of halogens is 4. The molecular weight excluding hydrogens is 568 g/mol. The lowest BCUT2D eigenvalue weighted by atomic mass is 10.0. The molecule has 0 saturated carbocycles. The number of carbonyl (C=O) groups is 1. The summed E-state index contributed by atoms with van der Waals surface area (Å²) in [6.45, 7) is 8.57. The van der Waals surface area contributed by atoms with Crippen molar-refractivity contribution in [3.63, 3.8) is 0 Å². The van der Waals surface area contributed by atoms with Crippen LogP contribution in [-0.4, -0.2) is 84.2 Å². The van der Waals surface area contributed by atoms with Crippen LogP contribution >= 0.6 is 0 Å². The van der Waals surface area contributed by atoms with Gasteiger partial charge in [-0.05, 0) is 50.2 Å². The standard InChI is InChI=1S/C30H34F4N6O3/c1-18-15-40(16-19(2)38(18)3)26-5-4-21(22-10-20(13-36-28(22)31)17-39-6-8-43-9-7-39)11-25(26)37-29(42)23-14-35-27(41)12-24(23)30(32,33)34/h4-5,10-14,18-19H,6-9,15-17H2,1-3H3,(H,35,41)(H,37,42)/t18-,19+. The van der Waals surface area contributed by atoms with E-state index in [0.29, 0.717) is 50.2 Å². The monoisotopic (exact) mass is 602 g/mol. The third-order valence-corrected chi connectivity index (χ3v) is 8.14. The number of rotatable bonds is 6. The van der Waals surface area contributed by atoms with Crippen LogP contribution in [0.15, 0.2) is 47.5 Å². The van der Waals surface area contributed by atoms with E-state index >= 15 is 4.39 Å². The maximum atomic E-state index is 15.1. The summed E-state index contributed by atoms with van der Waals surface area (Å²) in [5, 5.41) is 2.63. The largest absolute Gasteiger partial charge is 0.417 e. The van der Waals surface area contributed by atoms with Crippen LogP contribution < -0.4 is 15.8 Å². The van der Waals surface area contributed by atoms with Crippen LogP contribution in [0.3, 0.4) is 0 Å². The third-order valence-electron chi connectivity index (χ3n) is 8.14. The van der Waals surface area contributed by atoms with Gasteiger partial charge in [0.05, 0.1) is 35.7 Å². The zero-order valence-electron chi connectivity index (χ0n) is 24.2. The van der Waals surface area contributed by atoms with Gasteiger partial charge in [-0.2, -0.15) is 17.6 Å². The van der Waals surface area contributed by atoms with Gasteiger partial charge in [0.25, 0.3) is 5.91 Å². The Morgan fingerprint density at radius 3 is 2.49 bits per heavy atom. The highest BCUT2D eigenvalue weighted by molar-refractivity contribution is 6.07. The summed E-state index contributed by atoms with van der Waals surface area (Å²) in [4.78, 5) is 37.6. The molecule has 0 unspecified atom stereocenters. The minimum Gasteiger partial charge on any atom is -0.379 e. The Labute approximate surface area is 246 Å². The maximum absolute atomic E-state index is 15.1. The summed E-state index contributed by atoms with van der Waals surface area (Å²) < 4.78 is 61.8. The lowest BCUT2D eigenvalue weighted by molar-refractivity contribution is -0.138. The average molecular weight is 603 g/mol. The highest BCUT2D eigenvalue weighted by atomic mass is 19.4. The topological polar surface area (TPSA) is 93.8 Å². The fourth-order valence-electron chi connectivity index (χ4n) is 5.56. The van der Waals surface area contributed by atoms with Crippen molar-refractivity contribution in [3.05, 3.63) is 75.7 Å². The van der Waals surface area contributed by atoms with Crippen LogP contribution in [0.1, 0.15) is 35.3 Å². The Morgan fingerprint density at radius 2 is 1.81 bits per heavy atom. The number of aromatic amines is 1. The number of hydrogen-bond acceptors (Lipinski definition) is 7. The van der Waals surface area contributed by atoms with Crippen molar-refractivity contribution < 1.29 is 27.1 Å². The highest BCUT2D eigenvalue weighted by Crippen LogP contribution is 2.36. The van der Waals surface area contributed by atoms with E-state index in [-0.39, 0.29) is 23.3 Å². The summed E-state index contributed by atoms with van der Waals surface area (Å²) in [5.74, 6) is -1.77. The number of hydrogen-bond donors (Lipinski definition) is 2. The molecule has 0 radical (unpaired) electrons.